The molecule has 0 aliphatic rings. The summed E-state index contributed by atoms with van der Waals surface area (Å²) < 4.78 is 5.66. The first-order valence-electron chi connectivity index (χ1n) is 9.90. The van der Waals surface area contributed by atoms with Crippen LogP contribution < -0.4 is 10.2 Å². The summed E-state index contributed by atoms with van der Waals surface area (Å²) >= 11 is 0. The van der Waals surface area contributed by atoms with E-state index in [9.17, 15) is 9.90 Å². The highest BCUT2D eigenvalue weighted by Crippen LogP contribution is 2.29. The maximum Gasteiger partial charge on any atom is 0.281 e. The summed E-state index contributed by atoms with van der Waals surface area (Å²) in [7, 11) is 0. The molecule has 5 heteroatoms. The molecule has 0 saturated heterocycles. The van der Waals surface area contributed by atoms with Gasteiger partial charge in [0.15, 0.2) is 5.60 Å². The maximum atomic E-state index is 13.0. The molecule has 0 spiro atoms. The Bertz CT molecular complexity index is 929. The van der Waals surface area contributed by atoms with Gasteiger partial charge in [0.2, 0.25) is 0 Å². The average molecular weight is 402 g/mol. The van der Waals surface area contributed by atoms with Crippen molar-refractivity contribution in [2.24, 2.45) is 11.0 Å². The van der Waals surface area contributed by atoms with Gasteiger partial charge in [0.1, 0.15) is 5.75 Å². The molecule has 154 valence electrons. The standard InChI is InChI=1S/C25H26N2O3/c1-19(2)18-30-23-15-13-20(14-16-23)17-26-27-24(28)25(29,21-9-5-3-6-10-21)22-11-7-4-8-12-22/h3-17,19,29H,18H2,1-2H3,(H,27,28)/b26-17-. The lowest BCUT2D eigenvalue weighted by Crippen LogP contribution is -2.43. The smallest absolute Gasteiger partial charge is 0.281 e. The van der Waals surface area contributed by atoms with E-state index >= 15 is 0 Å². The van der Waals surface area contributed by atoms with Gasteiger partial charge in [0.25, 0.3) is 5.91 Å². The molecule has 0 aliphatic carbocycles. The van der Waals surface area contributed by atoms with E-state index in [0.717, 1.165) is 11.3 Å². The summed E-state index contributed by atoms with van der Waals surface area (Å²) in [5, 5.41) is 15.4. The molecule has 0 bridgehead atoms. The Morgan fingerprint density at radius 3 is 2.00 bits per heavy atom. The average Bonchev–Trinajstić information content (AvgIpc) is 2.79. The molecule has 0 aliphatic heterocycles. The van der Waals surface area contributed by atoms with Crippen LogP contribution in [0, 0.1) is 5.92 Å². The number of amides is 1. The highest BCUT2D eigenvalue weighted by atomic mass is 16.5. The number of carbonyl (C=O) groups is 1. The Morgan fingerprint density at radius 2 is 1.50 bits per heavy atom. The minimum atomic E-state index is -1.85. The molecule has 3 rings (SSSR count). The van der Waals surface area contributed by atoms with Crippen LogP contribution in [0.3, 0.4) is 0 Å². The van der Waals surface area contributed by atoms with E-state index in [0.29, 0.717) is 23.7 Å². The number of nitrogens with zero attached hydrogens (tertiary/aromatic N) is 1. The second-order valence-electron chi connectivity index (χ2n) is 7.42. The number of hydrogen-bond donors (Lipinski definition) is 2. The second kappa shape index (κ2) is 9.85. The van der Waals surface area contributed by atoms with Gasteiger partial charge in [-0.2, -0.15) is 5.10 Å². The van der Waals surface area contributed by atoms with Gasteiger partial charge < -0.3 is 9.84 Å². The lowest BCUT2D eigenvalue weighted by atomic mass is 9.85. The summed E-state index contributed by atoms with van der Waals surface area (Å²) in [6.07, 6.45) is 1.53. The molecule has 1 amide bonds. The summed E-state index contributed by atoms with van der Waals surface area (Å²) in [4.78, 5) is 13.0. The van der Waals surface area contributed by atoms with Crippen LogP contribution >= 0.6 is 0 Å². The number of ether oxygens (including phenoxy) is 1. The van der Waals surface area contributed by atoms with E-state index in [1.165, 1.54) is 6.21 Å². The van der Waals surface area contributed by atoms with Gasteiger partial charge in [0.05, 0.1) is 12.8 Å². The van der Waals surface area contributed by atoms with Gasteiger partial charge in [-0.3, -0.25) is 4.79 Å². The third-order valence-electron chi connectivity index (χ3n) is 4.55. The van der Waals surface area contributed by atoms with E-state index < -0.39 is 11.5 Å². The summed E-state index contributed by atoms with van der Waals surface area (Å²) in [5.41, 5.74) is 2.36. The Morgan fingerprint density at radius 1 is 0.967 bits per heavy atom. The van der Waals surface area contributed by atoms with Crippen LogP contribution in [0.25, 0.3) is 0 Å². The van der Waals surface area contributed by atoms with Gasteiger partial charge in [-0.15, -0.1) is 0 Å². The predicted octanol–water partition coefficient (Wildman–Crippen LogP) is 4.11. The number of nitrogens with one attached hydrogen (secondary N) is 1. The zero-order valence-corrected chi connectivity index (χ0v) is 17.2. The van der Waals surface area contributed by atoms with E-state index in [1.54, 1.807) is 48.5 Å². The molecule has 3 aromatic carbocycles. The van der Waals surface area contributed by atoms with Crippen molar-refractivity contribution in [3.05, 3.63) is 102 Å². The first-order valence-corrected chi connectivity index (χ1v) is 9.90. The van der Waals surface area contributed by atoms with Crippen molar-refractivity contribution < 1.29 is 14.6 Å². The van der Waals surface area contributed by atoms with Crippen molar-refractivity contribution in [1.82, 2.24) is 5.43 Å². The van der Waals surface area contributed by atoms with Gasteiger partial charge in [0, 0.05) is 0 Å². The zero-order chi connectivity index (χ0) is 21.4. The number of aliphatic hydroxyl groups is 1. The number of hydrogen-bond acceptors (Lipinski definition) is 4. The highest BCUT2D eigenvalue weighted by Gasteiger charge is 2.39. The van der Waals surface area contributed by atoms with E-state index in [-0.39, 0.29) is 0 Å². The first kappa shape index (κ1) is 21.3. The molecule has 0 aromatic heterocycles. The fourth-order valence-corrected chi connectivity index (χ4v) is 2.95. The predicted molar refractivity (Wildman–Crippen MR) is 118 cm³/mol. The molecule has 3 aromatic rings. The van der Waals surface area contributed by atoms with E-state index in [1.807, 2.05) is 36.4 Å². The summed E-state index contributed by atoms with van der Waals surface area (Å²) in [5.74, 6) is 0.606. The molecule has 0 saturated carbocycles. The van der Waals surface area contributed by atoms with E-state index in [4.69, 9.17) is 4.74 Å². The monoisotopic (exact) mass is 402 g/mol. The van der Waals surface area contributed by atoms with Crippen LogP contribution in [0.2, 0.25) is 0 Å². The number of rotatable bonds is 8. The number of hydrazone groups is 1. The van der Waals surface area contributed by atoms with Gasteiger partial charge in [-0.1, -0.05) is 74.5 Å². The van der Waals surface area contributed by atoms with Crippen LogP contribution in [-0.2, 0) is 10.4 Å². The fraction of sp³-hybridized carbons (Fsp3) is 0.200. The maximum absolute atomic E-state index is 13.0. The van der Waals surface area contributed by atoms with Crippen molar-refractivity contribution in [2.75, 3.05) is 6.61 Å². The Hall–Kier alpha value is -3.44. The molecule has 2 N–H and O–H groups in total. The summed E-state index contributed by atoms with van der Waals surface area (Å²) in [6.45, 7) is 4.84. The molecular formula is C25H26N2O3. The van der Waals surface area contributed by atoms with Crippen molar-refractivity contribution >= 4 is 12.1 Å². The summed E-state index contributed by atoms with van der Waals surface area (Å²) in [6, 6.07) is 25.1. The van der Waals surface area contributed by atoms with Crippen LogP contribution in [0.5, 0.6) is 5.75 Å². The third kappa shape index (κ3) is 5.13. The molecule has 0 fully saturated rings. The van der Waals surface area contributed by atoms with E-state index in [2.05, 4.69) is 24.4 Å². The Balaban J connectivity index is 1.74. The second-order valence-corrected chi connectivity index (χ2v) is 7.42. The molecule has 0 radical (unpaired) electrons. The Labute approximate surface area is 177 Å². The van der Waals surface area contributed by atoms with Crippen LogP contribution in [0.4, 0.5) is 0 Å². The fourth-order valence-electron chi connectivity index (χ4n) is 2.95. The van der Waals surface area contributed by atoms with Crippen molar-refractivity contribution in [3.63, 3.8) is 0 Å². The molecular weight excluding hydrogens is 376 g/mol. The van der Waals surface area contributed by atoms with Crippen LogP contribution in [-0.4, -0.2) is 23.8 Å². The van der Waals surface area contributed by atoms with Crippen molar-refractivity contribution in [3.8, 4) is 5.75 Å². The molecule has 0 heterocycles. The molecule has 30 heavy (non-hydrogen) atoms. The van der Waals surface area contributed by atoms with Gasteiger partial charge >= 0.3 is 0 Å². The highest BCUT2D eigenvalue weighted by molar-refractivity contribution is 5.91. The van der Waals surface area contributed by atoms with Crippen molar-refractivity contribution in [2.45, 2.75) is 19.4 Å². The van der Waals surface area contributed by atoms with Gasteiger partial charge in [-0.05, 0) is 46.9 Å². The lowest BCUT2D eigenvalue weighted by Gasteiger charge is -2.27. The third-order valence-corrected chi connectivity index (χ3v) is 4.55. The zero-order valence-electron chi connectivity index (χ0n) is 17.2. The topological polar surface area (TPSA) is 70.9 Å². The normalized spacial score (nSPS) is 11.6. The number of benzene rings is 3. The van der Waals surface area contributed by atoms with Crippen LogP contribution in [0.1, 0.15) is 30.5 Å². The quantitative estimate of drug-likeness (QED) is 0.440. The SMILES string of the molecule is CC(C)COc1ccc(/C=N\NC(=O)C(O)(c2ccccc2)c2ccccc2)cc1. The number of carbonyl (C=O) groups excluding carboxylic acids is 1. The lowest BCUT2D eigenvalue weighted by molar-refractivity contribution is -0.136. The molecule has 0 unspecified atom stereocenters. The minimum Gasteiger partial charge on any atom is -0.493 e. The largest absolute Gasteiger partial charge is 0.493 e. The molecule has 0 atom stereocenters. The van der Waals surface area contributed by atoms with Crippen molar-refractivity contribution in [1.29, 1.82) is 0 Å². The van der Waals surface area contributed by atoms with Gasteiger partial charge in [-0.25, -0.2) is 5.43 Å². The Kier molecular flexibility index (Phi) is 6.99. The van der Waals surface area contributed by atoms with Crippen LogP contribution in [0.15, 0.2) is 90.0 Å². The first-order chi connectivity index (χ1) is 14.5. The molecule has 5 nitrogen and oxygen atoms in total. The minimum absolute atomic E-state index is 0.453.